The molecule has 2 aromatic rings. The molecule has 0 atom stereocenters. The van der Waals surface area contributed by atoms with Crippen LogP contribution in [0.1, 0.15) is 15.9 Å². The summed E-state index contributed by atoms with van der Waals surface area (Å²) in [6, 6.07) is 9.37. The van der Waals surface area contributed by atoms with Crippen LogP contribution >= 0.6 is 11.6 Å². The summed E-state index contributed by atoms with van der Waals surface area (Å²) < 4.78 is 10.3. The molecule has 0 fully saturated rings. The molecule has 2 rings (SSSR count). The highest BCUT2D eigenvalue weighted by Gasteiger charge is 2.11. The number of hydrogen-bond acceptors (Lipinski definition) is 5. The Morgan fingerprint density at radius 1 is 1.22 bits per heavy atom. The number of ether oxygens (including phenoxy) is 2. The van der Waals surface area contributed by atoms with Crippen LogP contribution in [0.2, 0.25) is 5.02 Å². The van der Waals surface area contributed by atoms with Crippen molar-refractivity contribution in [3.8, 4) is 17.2 Å². The molecule has 23 heavy (non-hydrogen) atoms. The molecule has 0 saturated carbocycles. The zero-order chi connectivity index (χ0) is 16.8. The Bertz CT molecular complexity index is 747. The SMILES string of the molecule is COc1ccc(OC)c(C=NNC(=O)c2cc(Cl)ccc2O)c1. The second-order valence-electron chi connectivity index (χ2n) is 4.47. The lowest BCUT2D eigenvalue weighted by Crippen LogP contribution is -2.17. The molecule has 0 bridgehead atoms. The number of aromatic hydroxyl groups is 1. The average Bonchev–Trinajstić information content (AvgIpc) is 2.56. The number of phenols is 1. The lowest BCUT2D eigenvalue weighted by Gasteiger charge is -2.07. The highest BCUT2D eigenvalue weighted by Crippen LogP contribution is 2.23. The van der Waals surface area contributed by atoms with Crippen LogP contribution in [0.15, 0.2) is 41.5 Å². The number of carbonyl (C=O) groups is 1. The van der Waals surface area contributed by atoms with E-state index in [9.17, 15) is 9.90 Å². The summed E-state index contributed by atoms with van der Waals surface area (Å²) in [5.41, 5.74) is 2.98. The average molecular weight is 335 g/mol. The van der Waals surface area contributed by atoms with Crippen molar-refractivity contribution in [2.45, 2.75) is 0 Å². The van der Waals surface area contributed by atoms with E-state index in [1.807, 2.05) is 0 Å². The Morgan fingerprint density at radius 3 is 2.70 bits per heavy atom. The van der Waals surface area contributed by atoms with Crippen LogP contribution < -0.4 is 14.9 Å². The second-order valence-corrected chi connectivity index (χ2v) is 4.90. The molecule has 0 aliphatic rings. The van der Waals surface area contributed by atoms with Gasteiger partial charge >= 0.3 is 0 Å². The maximum atomic E-state index is 12.0. The van der Waals surface area contributed by atoms with Gasteiger partial charge in [0.05, 0.1) is 26.0 Å². The minimum absolute atomic E-state index is 0.0345. The van der Waals surface area contributed by atoms with Crippen LogP contribution in [0.25, 0.3) is 0 Å². The van der Waals surface area contributed by atoms with Gasteiger partial charge < -0.3 is 14.6 Å². The van der Waals surface area contributed by atoms with E-state index in [-0.39, 0.29) is 11.3 Å². The Balaban J connectivity index is 2.15. The molecule has 6 nitrogen and oxygen atoms in total. The van der Waals surface area contributed by atoms with E-state index in [2.05, 4.69) is 10.5 Å². The molecule has 0 saturated heterocycles. The molecule has 0 radical (unpaired) electrons. The maximum Gasteiger partial charge on any atom is 0.275 e. The van der Waals surface area contributed by atoms with Crippen molar-refractivity contribution in [2.24, 2.45) is 5.10 Å². The monoisotopic (exact) mass is 334 g/mol. The van der Waals surface area contributed by atoms with Crippen LogP contribution in [0.3, 0.4) is 0 Å². The van der Waals surface area contributed by atoms with Crippen molar-refractivity contribution in [1.29, 1.82) is 0 Å². The quantitative estimate of drug-likeness (QED) is 0.651. The molecule has 0 aromatic heterocycles. The predicted octanol–water partition coefficient (Wildman–Crippen LogP) is 2.83. The number of phenolic OH excluding ortho intramolecular Hbond substituents is 1. The first kappa shape index (κ1) is 16.6. The normalized spacial score (nSPS) is 10.6. The van der Waals surface area contributed by atoms with E-state index in [1.165, 1.54) is 31.5 Å². The Hall–Kier alpha value is -2.73. The minimum Gasteiger partial charge on any atom is -0.507 e. The number of benzene rings is 2. The third-order valence-corrected chi connectivity index (χ3v) is 3.24. The first-order valence-electron chi connectivity index (χ1n) is 6.59. The summed E-state index contributed by atoms with van der Waals surface area (Å²) in [4.78, 5) is 12.0. The van der Waals surface area contributed by atoms with Crippen molar-refractivity contribution < 1.29 is 19.4 Å². The first-order valence-corrected chi connectivity index (χ1v) is 6.97. The summed E-state index contributed by atoms with van der Waals surface area (Å²) in [6.45, 7) is 0. The lowest BCUT2D eigenvalue weighted by molar-refractivity contribution is 0.0952. The van der Waals surface area contributed by atoms with Crippen LogP contribution in [0.5, 0.6) is 17.2 Å². The molecule has 0 aliphatic carbocycles. The number of hydrogen-bond donors (Lipinski definition) is 2. The van der Waals surface area contributed by atoms with E-state index in [0.717, 1.165) is 0 Å². The van der Waals surface area contributed by atoms with E-state index in [1.54, 1.807) is 25.3 Å². The van der Waals surface area contributed by atoms with Gasteiger partial charge in [-0.15, -0.1) is 0 Å². The topological polar surface area (TPSA) is 80.2 Å². The zero-order valence-corrected chi connectivity index (χ0v) is 13.3. The fourth-order valence-electron chi connectivity index (χ4n) is 1.85. The summed E-state index contributed by atoms with van der Waals surface area (Å²) in [5.74, 6) is 0.449. The molecule has 120 valence electrons. The van der Waals surface area contributed by atoms with E-state index < -0.39 is 5.91 Å². The first-order chi connectivity index (χ1) is 11.0. The van der Waals surface area contributed by atoms with Gasteiger partial charge in [-0.25, -0.2) is 5.43 Å². The van der Waals surface area contributed by atoms with Crippen molar-refractivity contribution in [1.82, 2.24) is 5.43 Å². The fourth-order valence-corrected chi connectivity index (χ4v) is 2.02. The van der Waals surface area contributed by atoms with Crippen LogP contribution in [0.4, 0.5) is 0 Å². The molecular weight excluding hydrogens is 320 g/mol. The van der Waals surface area contributed by atoms with Crippen LogP contribution in [-0.4, -0.2) is 31.4 Å². The summed E-state index contributed by atoms with van der Waals surface area (Å²) in [5, 5.41) is 13.9. The van der Waals surface area contributed by atoms with Gasteiger partial charge in [0.2, 0.25) is 0 Å². The molecule has 0 unspecified atom stereocenters. The smallest absolute Gasteiger partial charge is 0.275 e. The Labute approximate surface area is 138 Å². The highest BCUT2D eigenvalue weighted by atomic mass is 35.5. The number of carbonyl (C=O) groups excluding carboxylic acids is 1. The largest absolute Gasteiger partial charge is 0.507 e. The molecule has 2 aromatic carbocycles. The van der Waals surface area contributed by atoms with E-state index in [0.29, 0.717) is 22.1 Å². The van der Waals surface area contributed by atoms with Gasteiger partial charge in [-0.2, -0.15) is 5.10 Å². The second kappa shape index (κ2) is 7.51. The fraction of sp³-hybridized carbons (Fsp3) is 0.125. The number of nitrogens with zero attached hydrogens (tertiary/aromatic N) is 1. The predicted molar refractivity (Wildman–Crippen MR) is 87.7 cm³/mol. The van der Waals surface area contributed by atoms with Gasteiger partial charge in [0.1, 0.15) is 17.2 Å². The van der Waals surface area contributed by atoms with Crippen molar-refractivity contribution in [2.75, 3.05) is 14.2 Å². The van der Waals surface area contributed by atoms with Gasteiger partial charge in [0, 0.05) is 10.6 Å². The van der Waals surface area contributed by atoms with Crippen LogP contribution in [0, 0.1) is 0 Å². The molecule has 2 N–H and O–H groups in total. The van der Waals surface area contributed by atoms with E-state index >= 15 is 0 Å². The third kappa shape index (κ3) is 4.14. The molecule has 1 amide bonds. The molecular formula is C16H15ClN2O4. The van der Waals surface area contributed by atoms with Crippen molar-refractivity contribution >= 4 is 23.7 Å². The molecule has 7 heteroatoms. The van der Waals surface area contributed by atoms with Gasteiger partial charge in [0.25, 0.3) is 5.91 Å². The summed E-state index contributed by atoms with van der Waals surface area (Å²) >= 11 is 5.80. The van der Waals surface area contributed by atoms with Crippen molar-refractivity contribution in [3.05, 3.63) is 52.5 Å². The minimum atomic E-state index is -0.580. The standard InChI is InChI=1S/C16H15ClN2O4/c1-22-12-4-6-15(23-2)10(7-12)9-18-19-16(21)13-8-11(17)3-5-14(13)20/h3-9,20H,1-2H3,(H,19,21). The number of hydrazone groups is 1. The Morgan fingerprint density at radius 2 is 2.00 bits per heavy atom. The van der Waals surface area contributed by atoms with Gasteiger partial charge in [0.15, 0.2) is 0 Å². The van der Waals surface area contributed by atoms with Crippen LogP contribution in [-0.2, 0) is 0 Å². The third-order valence-electron chi connectivity index (χ3n) is 3.01. The summed E-state index contributed by atoms with van der Waals surface area (Å²) in [6.07, 6.45) is 1.42. The maximum absolute atomic E-state index is 12.0. The molecule has 0 spiro atoms. The number of halogens is 1. The van der Waals surface area contributed by atoms with E-state index in [4.69, 9.17) is 21.1 Å². The van der Waals surface area contributed by atoms with Gasteiger partial charge in [-0.1, -0.05) is 11.6 Å². The zero-order valence-electron chi connectivity index (χ0n) is 12.5. The summed E-state index contributed by atoms with van der Waals surface area (Å²) in [7, 11) is 3.08. The lowest BCUT2D eigenvalue weighted by atomic mass is 10.2. The van der Waals surface area contributed by atoms with Crippen molar-refractivity contribution in [3.63, 3.8) is 0 Å². The number of nitrogens with one attached hydrogen (secondary N) is 1. The Kier molecular flexibility index (Phi) is 5.43. The number of rotatable bonds is 5. The highest BCUT2D eigenvalue weighted by molar-refractivity contribution is 6.31. The van der Waals surface area contributed by atoms with Gasteiger partial charge in [-0.3, -0.25) is 4.79 Å². The number of amides is 1. The number of methoxy groups -OCH3 is 2. The van der Waals surface area contributed by atoms with Gasteiger partial charge in [-0.05, 0) is 36.4 Å². The molecule has 0 aliphatic heterocycles. The molecule has 0 heterocycles.